The van der Waals surface area contributed by atoms with Gasteiger partial charge in [0.15, 0.2) is 6.61 Å². The predicted octanol–water partition coefficient (Wildman–Crippen LogP) is 2.73. The highest BCUT2D eigenvalue weighted by Gasteiger charge is 2.07. The summed E-state index contributed by atoms with van der Waals surface area (Å²) in [6.45, 7) is 1.98. The van der Waals surface area contributed by atoms with Gasteiger partial charge in [-0.1, -0.05) is 12.1 Å². The van der Waals surface area contributed by atoms with E-state index in [0.717, 1.165) is 16.5 Å². The lowest BCUT2D eigenvalue weighted by Crippen LogP contribution is -2.24. The molecule has 0 aliphatic heterocycles. The van der Waals surface area contributed by atoms with Crippen molar-refractivity contribution in [1.82, 2.24) is 15.2 Å². The molecule has 0 spiro atoms. The number of benzene rings is 2. The molecule has 0 aliphatic carbocycles. The largest absolute Gasteiger partial charge is 0.497 e. The minimum absolute atomic E-state index is 0.197. The number of amides is 1. The molecule has 1 heterocycles. The Balaban J connectivity index is 1.54. The van der Waals surface area contributed by atoms with Crippen molar-refractivity contribution < 1.29 is 18.7 Å². The fourth-order valence-corrected chi connectivity index (χ4v) is 2.47. The molecule has 7 nitrogen and oxygen atoms in total. The van der Waals surface area contributed by atoms with Crippen molar-refractivity contribution in [2.45, 2.75) is 13.5 Å². The fraction of sp³-hybridized carbons (Fsp3) is 0.211. The Labute approximate surface area is 155 Å². The Morgan fingerprint density at radius 3 is 2.63 bits per heavy atom. The molecule has 0 aliphatic rings. The molecule has 0 unspecified atom stereocenters. The first-order chi connectivity index (χ1) is 13.1. The van der Waals surface area contributed by atoms with E-state index in [9.17, 15) is 9.18 Å². The zero-order valence-corrected chi connectivity index (χ0v) is 15.0. The SMILES string of the molecule is CCn1ncc(/C=N\NC(=O)COc2ccc3cc(OC)ccc3c2)c1F. The van der Waals surface area contributed by atoms with Gasteiger partial charge >= 0.3 is 0 Å². The molecule has 0 atom stereocenters. The number of aromatic nitrogens is 2. The Bertz CT molecular complexity index is 984. The van der Waals surface area contributed by atoms with Crippen molar-refractivity contribution in [2.75, 3.05) is 13.7 Å². The molecule has 0 saturated carbocycles. The number of carbonyl (C=O) groups is 1. The highest BCUT2D eigenvalue weighted by molar-refractivity contribution is 5.85. The van der Waals surface area contributed by atoms with E-state index < -0.39 is 11.9 Å². The Morgan fingerprint density at radius 1 is 1.26 bits per heavy atom. The van der Waals surface area contributed by atoms with E-state index in [0.29, 0.717) is 12.3 Å². The highest BCUT2D eigenvalue weighted by atomic mass is 19.1. The lowest BCUT2D eigenvalue weighted by atomic mass is 10.1. The Kier molecular flexibility index (Phi) is 5.65. The van der Waals surface area contributed by atoms with Crippen molar-refractivity contribution in [1.29, 1.82) is 0 Å². The van der Waals surface area contributed by atoms with E-state index in [1.807, 2.05) is 30.3 Å². The van der Waals surface area contributed by atoms with E-state index >= 15 is 0 Å². The van der Waals surface area contributed by atoms with E-state index in [1.54, 1.807) is 20.1 Å². The zero-order chi connectivity index (χ0) is 19.2. The van der Waals surface area contributed by atoms with Crippen molar-refractivity contribution in [3.05, 3.63) is 54.1 Å². The minimum Gasteiger partial charge on any atom is -0.497 e. The molecule has 0 saturated heterocycles. The van der Waals surface area contributed by atoms with E-state index in [2.05, 4.69) is 15.6 Å². The van der Waals surface area contributed by atoms with Gasteiger partial charge in [0.25, 0.3) is 5.91 Å². The van der Waals surface area contributed by atoms with Gasteiger partial charge in [0.05, 0.1) is 25.1 Å². The number of nitrogens with zero attached hydrogens (tertiary/aromatic N) is 3. The van der Waals surface area contributed by atoms with Gasteiger partial charge in [-0.3, -0.25) is 4.79 Å². The van der Waals surface area contributed by atoms with Crippen LogP contribution in [0, 0.1) is 5.95 Å². The molecule has 3 rings (SSSR count). The first-order valence-electron chi connectivity index (χ1n) is 8.34. The molecule has 1 aromatic heterocycles. The maximum atomic E-state index is 13.8. The second kappa shape index (κ2) is 8.31. The number of aryl methyl sites for hydroxylation is 1. The molecular weight excluding hydrogens is 351 g/mol. The third-order valence-electron chi connectivity index (χ3n) is 3.88. The van der Waals surface area contributed by atoms with Crippen LogP contribution in [0.4, 0.5) is 4.39 Å². The number of methoxy groups -OCH3 is 1. The van der Waals surface area contributed by atoms with Gasteiger partial charge in [-0.15, -0.1) is 0 Å². The summed E-state index contributed by atoms with van der Waals surface area (Å²) in [7, 11) is 1.62. The number of nitrogens with one attached hydrogen (secondary N) is 1. The number of hydrogen-bond acceptors (Lipinski definition) is 5. The second-order valence-electron chi connectivity index (χ2n) is 5.66. The van der Waals surface area contributed by atoms with Crippen LogP contribution < -0.4 is 14.9 Å². The average molecular weight is 370 g/mol. The number of carbonyl (C=O) groups excluding carboxylic acids is 1. The molecule has 0 radical (unpaired) electrons. The van der Waals surface area contributed by atoms with Crippen LogP contribution in [0.5, 0.6) is 11.5 Å². The number of hydrazone groups is 1. The van der Waals surface area contributed by atoms with E-state index in [-0.39, 0.29) is 12.2 Å². The number of fused-ring (bicyclic) bond motifs is 1. The fourth-order valence-electron chi connectivity index (χ4n) is 2.47. The normalized spacial score (nSPS) is 11.1. The third kappa shape index (κ3) is 4.41. The minimum atomic E-state index is -0.500. The van der Waals surface area contributed by atoms with Crippen molar-refractivity contribution in [3.63, 3.8) is 0 Å². The number of ether oxygens (including phenoxy) is 2. The molecule has 1 N–H and O–H groups in total. The van der Waals surface area contributed by atoms with E-state index in [1.165, 1.54) is 17.1 Å². The van der Waals surface area contributed by atoms with Gasteiger partial charge < -0.3 is 9.47 Å². The van der Waals surface area contributed by atoms with Gasteiger partial charge in [-0.2, -0.15) is 14.6 Å². The molecule has 1 amide bonds. The standard InChI is InChI=1S/C19H19FN4O3/c1-3-24-19(20)15(11-22-24)10-21-23-18(25)12-27-17-7-5-13-8-16(26-2)6-4-14(13)9-17/h4-11H,3,12H2,1-2H3,(H,23,25)/b21-10-. The summed E-state index contributed by atoms with van der Waals surface area (Å²) >= 11 is 0. The quantitative estimate of drug-likeness (QED) is 0.512. The Hall–Kier alpha value is -3.42. The van der Waals surface area contributed by atoms with Gasteiger partial charge in [0, 0.05) is 6.54 Å². The lowest BCUT2D eigenvalue weighted by molar-refractivity contribution is -0.123. The molecule has 0 bridgehead atoms. The van der Waals surface area contributed by atoms with Gasteiger partial charge in [-0.25, -0.2) is 10.1 Å². The summed E-state index contributed by atoms with van der Waals surface area (Å²) in [5, 5.41) is 9.54. The lowest BCUT2D eigenvalue weighted by Gasteiger charge is -2.07. The van der Waals surface area contributed by atoms with Gasteiger partial charge in [0.2, 0.25) is 5.95 Å². The summed E-state index contributed by atoms with van der Waals surface area (Å²) in [5.74, 6) is 0.375. The molecule has 27 heavy (non-hydrogen) atoms. The van der Waals surface area contributed by atoms with Crippen LogP contribution in [0.2, 0.25) is 0 Å². The van der Waals surface area contributed by atoms with Crippen molar-refractivity contribution in [2.24, 2.45) is 5.10 Å². The van der Waals surface area contributed by atoms with Crippen LogP contribution in [0.25, 0.3) is 10.8 Å². The van der Waals surface area contributed by atoms with E-state index in [4.69, 9.17) is 9.47 Å². The zero-order valence-electron chi connectivity index (χ0n) is 15.0. The third-order valence-corrected chi connectivity index (χ3v) is 3.88. The molecule has 0 fully saturated rings. The molecule has 3 aromatic rings. The predicted molar refractivity (Wildman–Crippen MR) is 99.6 cm³/mol. The average Bonchev–Trinajstić information content (AvgIpc) is 3.05. The van der Waals surface area contributed by atoms with Gasteiger partial charge in [-0.05, 0) is 42.0 Å². The van der Waals surface area contributed by atoms with Crippen molar-refractivity contribution >= 4 is 22.9 Å². The maximum Gasteiger partial charge on any atom is 0.277 e. The van der Waals surface area contributed by atoms with Crippen LogP contribution in [0.3, 0.4) is 0 Å². The molecule has 8 heteroatoms. The summed E-state index contributed by atoms with van der Waals surface area (Å²) < 4.78 is 25.6. The van der Waals surface area contributed by atoms with Gasteiger partial charge in [0.1, 0.15) is 11.5 Å². The highest BCUT2D eigenvalue weighted by Crippen LogP contribution is 2.24. The molecule has 2 aromatic carbocycles. The first kappa shape index (κ1) is 18.4. The topological polar surface area (TPSA) is 77.7 Å². The summed E-state index contributed by atoms with van der Waals surface area (Å²) in [4.78, 5) is 11.8. The smallest absolute Gasteiger partial charge is 0.277 e. The van der Waals surface area contributed by atoms with Crippen LogP contribution in [0.15, 0.2) is 47.7 Å². The monoisotopic (exact) mass is 370 g/mol. The van der Waals surface area contributed by atoms with Crippen LogP contribution in [-0.4, -0.2) is 35.6 Å². The van der Waals surface area contributed by atoms with Crippen LogP contribution in [-0.2, 0) is 11.3 Å². The first-order valence-corrected chi connectivity index (χ1v) is 8.34. The summed E-state index contributed by atoms with van der Waals surface area (Å²) in [6.07, 6.45) is 2.55. The van der Waals surface area contributed by atoms with Crippen LogP contribution in [0.1, 0.15) is 12.5 Å². The number of rotatable bonds is 7. The maximum absolute atomic E-state index is 13.8. The summed E-state index contributed by atoms with van der Waals surface area (Å²) in [5.41, 5.74) is 2.49. The second-order valence-corrected chi connectivity index (χ2v) is 5.66. The summed E-state index contributed by atoms with van der Waals surface area (Å²) in [6, 6.07) is 11.2. The molecular formula is C19H19FN4O3. The van der Waals surface area contributed by atoms with Crippen molar-refractivity contribution in [3.8, 4) is 11.5 Å². The number of hydrogen-bond donors (Lipinski definition) is 1. The Morgan fingerprint density at radius 2 is 1.96 bits per heavy atom. The van der Waals surface area contributed by atoms with Crippen LogP contribution >= 0.6 is 0 Å². The number of halogens is 1. The molecule has 140 valence electrons.